The summed E-state index contributed by atoms with van der Waals surface area (Å²) in [5.41, 5.74) is 7.07. The minimum atomic E-state index is 0.0376. The smallest absolute Gasteiger partial charge is 0.272 e. The largest absolute Gasteiger partial charge is 0.338 e. The normalized spacial score (nSPS) is 10.6. The number of aromatic nitrogens is 2. The van der Waals surface area contributed by atoms with Gasteiger partial charge in [0.05, 0.1) is 5.69 Å². The minimum absolute atomic E-state index is 0.0376. The van der Waals surface area contributed by atoms with Crippen molar-refractivity contribution < 1.29 is 4.79 Å². The summed E-state index contributed by atoms with van der Waals surface area (Å²) in [7, 11) is 1.81. The molecular formula is C12H22N4O. The highest BCUT2D eigenvalue weighted by Gasteiger charge is 2.18. The second-order valence-electron chi connectivity index (χ2n) is 4.03. The van der Waals surface area contributed by atoms with Gasteiger partial charge in [-0.05, 0) is 32.4 Å². The van der Waals surface area contributed by atoms with Crippen molar-refractivity contribution in [3.63, 3.8) is 0 Å². The van der Waals surface area contributed by atoms with Crippen LogP contribution in [0.25, 0.3) is 0 Å². The van der Waals surface area contributed by atoms with Crippen LogP contribution in [0.1, 0.15) is 36.5 Å². The quantitative estimate of drug-likeness (QED) is 0.797. The monoisotopic (exact) mass is 238 g/mol. The van der Waals surface area contributed by atoms with Crippen LogP contribution >= 0.6 is 0 Å². The summed E-state index contributed by atoms with van der Waals surface area (Å²) in [5.74, 6) is 0.0376. The molecule has 1 amide bonds. The van der Waals surface area contributed by atoms with Gasteiger partial charge in [0.25, 0.3) is 5.91 Å². The van der Waals surface area contributed by atoms with E-state index in [0.717, 1.165) is 18.5 Å². The van der Waals surface area contributed by atoms with Gasteiger partial charge in [-0.3, -0.25) is 9.48 Å². The Morgan fingerprint density at radius 1 is 1.53 bits per heavy atom. The van der Waals surface area contributed by atoms with Gasteiger partial charge in [-0.25, -0.2) is 0 Å². The average molecular weight is 238 g/mol. The standard InChI is InChI=1S/C12H22N4O/c1-4-10-9-11(15(3)14-10)12(17)16(5-2)8-6-7-13/h9H,4-8,13H2,1-3H3. The third-order valence-electron chi connectivity index (χ3n) is 2.81. The molecule has 0 unspecified atom stereocenters. The van der Waals surface area contributed by atoms with Crippen molar-refractivity contribution >= 4 is 5.91 Å². The van der Waals surface area contributed by atoms with Crippen molar-refractivity contribution in [2.75, 3.05) is 19.6 Å². The Morgan fingerprint density at radius 3 is 2.71 bits per heavy atom. The third kappa shape index (κ3) is 3.30. The van der Waals surface area contributed by atoms with E-state index in [1.807, 2.05) is 31.9 Å². The number of hydrogen-bond donors (Lipinski definition) is 1. The van der Waals surface area contributed by atoms with Crippen LogP contribution in [0, 0.1) is 0 Å². The summed E-state index contributed by atoms with van der Waals surface area (Å²) in [4.78, 5) is 14.1. The lowest BCUT2D eigenvalue weighted by molar-refractivity contribution is 0.0752. The molecule has 96 valence electrons. The van der Waals surface area contributed by atoms with Crippen molar-refractivity contribution in [2.24, 2.45) is 12.8 Å². The molecule has 0 aromatic carbocycles. The Labute approximate surface area is 103 Å². The van der Waals surface area contributed by atoms with Crippen molar-refractivity contribution in [3.05, 3.63) is 17.5 Å². The van der Waals surface area contributed by atoms with Gasteiger partial charge in [0, 0.05) is 20.1 Å². The second kappa shape index (κ2) is 6.39. The SMILES string of the molecule is CCc1cc(C(=O)N(CC)CCCN)n(C)n1. The zero-order chi connectivity index (χ0) is 12.8. The maximum atomic E-state index is 12.3. The fraction of sp³-hybridized carbons (Fsp3) is 0.667. The molecule has 2 N–H and O–H groups in total. The molecule has 0 bridgehead atoms. The topological polar surface area (TPSA) is 64.2 Å². The van der Waals surface area contributed by atoms with Crippen molar-refractivity contribution in [2.45, 2.75) is 26.7 Å². The van der Waals surface area contributed by atoms with E-state index < -0.39 is 0 Å². The fourth-order valence-corrected chi connectivity index (χ4v) is 1.75. The third-order valence-corrected chi connectivity index (χ3v) is 2.81. The number of carbonyl (C=O) groups is 1. The molecule has 0 fully saturated rings. The van der Waals surface area contributed by atoms with E-state index in [0.29, 0.717) is 25.3 Å². The van der Waals surface area contributed by atoms with Crippen molar-refractivity contribution in [1.82, 2.24) is 14.7 Å². The summed E-state index contributed by atoms with van der Waals surface area (Å²) < 4.78 is 1.66. The number of nitrogens with zero attached hydrogens (tertiary/aromatic N) is 3. The van der Waals surface area contributed by atoms with Crippen molar-refractivity contribution in [3.8, 4) is 0 Å². The molecule has 0 aliphatic heterocycles. The molecule has 0 saturated heterocycles. The van der Waals surface area contributed by atoms with E-state index in [-0.39, 0.29) is 5.91 Å². The molecular weight excluding hydrogens is 216 g/mol. The molecule has 17 heavy (non-hydrogen) atoms. The maximum absolute atomic E-state index is 12.3. The molecule has 1 aromatic heterocycles. The average Bonchev–Trinajstić information content (AvgIpc) is 2.71. The molecule has 1 aromatic rings. The lowest BCUT2D eigenvalue weighted by Gasteiger charge is -2.20. The lowest BCUT2D eigenvalue weighted by atomic mass is 10.2. The fourth-order valence-electron chi connectivity index (χ4n) is 1.75. The van der Waals surface area contributed by atoms with Crippen LogP contribution in [0.15, 0.2) is 6.07 Å². The van der Waals surface area contributed by atoms with Gasteiger partial charge in [0.15, 0.2) is 0 Å². The highest BCUT2D eigenvalue weighted by Crippen LogP contribution is 2.08. The Hall–Kier alpha value is -1.36. The molecule has 5 nitrogen and oxygen atoms in total. The molecule has 0 aliphatic rings. The predicted molar refractivity (Wildman–Crippen MR) is 67.8 cm³/mol. The van der Waals surface area contributed by atoms with Crippen LogP contribution in [-0.4, -0.2) is 40.2 Å². The molecule has 0 radical (unpaired) electrons. The van der Waals surface area contributed by atoms with Gasteiger partial charge in [0.2, 0.25) is 0 Å². The highest BCUT2D eigenvalue weighted by molar-refractivity contribution is 5.92. The first kappa shape index (κ1) is 13.7. The molecule has 0 atom stereocenters. The van der Waals surface area contributed by atoms with E-state index in [1.54, 1.807) is 4.68 Å². The highest BCUT2D eigenvalue weighted by atomic mass is 16.2. The van der Waals surface area contributed by atoms with E-state index in [1.165, 1.54) is 0 Å². The summed E-state index contributed by atoms with van der Waals surface area (Å²) in [6.45, 7) is 6.02. The van der Waals surface area contributed by atoms with Gasteiger partial charge in [-0.15, -0.1) is 0 Å². The van der Waals surface area contributed by atoms with Gasteiger partial charge in [-0.1, -0.05) is 6.92 Å². The number of amides is 1. The van der Waals surface area contributed by atoms with Gasteiger partial charge < -0.3 is 10.6 Å². The summed E-state index contributed by atoms with van der Waals surface area (Å²) in [6, 6.07) is 1.87. The number of carbonyl (C=O) groups excluding carboxylic acids is 1. The van der Waals surface area contributed by atoms with E-state index in [9.17, 15) is 4.79 Å². The molecule has 1 rings (SSSR count). The van der Waals surface area contributed by atoms with Crippen LogP contribution in [-0.2, 0) is 13.5 Å². The van der Waals surface area contributed by atoms with E-state index in [2.05, 4.69) is 5.10 Å². The Balaban J connectivity index is 2.81. The first-order valence-corrected chi connectivity index (χ1v) is 6.16. The Morgan fingerprint density at radius 2 is 2.24 bits per heavy atom. The molecule has 0 aliphatic carbocycles. The molecule has 0 saturated carbocycles. The Bertz CT molecular complexity index is 373. The van der Waals surface area contributed by atoms with Crippen LogP contribution < -0.4 is 5.73 Å². The van der Waals surface area contributed by atoms with Gasteiger partial charge in [-0.2, -0.15) is 5.10 Å². The number of rotatable bonds is 6. The molecule has 0 spiro atoms. The Kier molecular flexibility index (Phi) is 5.15. The van der Waals surface area contributed by atoms with Gasteiger partial charge >= 0.3 is 0 Å². The number of nitrogens with two attached hydrogens (primary N) is 1. The maximum Gasteiger partial charge on any atom is 0.272 e. The number of aryl methyl sites for hydroxylation is 2. The van der Waals surface area contributed by atoms with E-state index >= 15 is 0 Å². The lowest BCUT2D eigenvalue weighted by Crippen LogP contribution is -2.34. The minimum Gasteiger partial charge on any atom is -0.338 e. The van der Waals surface area contributed by atoms with Crippen LogP contribution in [0.3, 0.4) is 0 Å². The van der Waals surface area contributed by atoms with Crippen LogP contribution in [0.5, 0.6) is 0 Å². The number of hydrogen-bond acceptors (Lipinski definition) is 3. The zero-order valence-corrected chi connectivity index (χ0v) is 10.9. The van der Waals surface area contributed by atoms with Gasteiger partial charge in [0.1, 0.15) is 5.69 Å². The van der Waals surface area contributed by atoms with Crippen LogP contribution in [0.4, 0.5) is 0 Å². The van der Waals surface area contributed by atoms with Crippen LogP contribution in [0.2, 0.25) is 0 Å². The summed E-state index contributed by atoms with van der Waals surface area (Å²) in [5, 5.41) is 4.29. The first-order valence-electron chi connectivity index (χ1n) is 6.16. The van der Waals surface area contributed by atoms with Crippen molar-refractivity contribution in [1.29, 1.82) is 0 Å². The zero-order valence-electron chi connectivity index (χ0n) is 10.9. The first-order chi connectivity index (χ1) is 8.13. The summed E-state index contributed by atoms with van der Waals surface area (Å²) >= 11 is 0. The second-order valence-corrected chi connectivity index (χ2v) is 4.03. The predicted octanol–water partition coefficient (Wildman–Crippen LogP) is 0.793. The molecule has 1 heterocycles. The van der Waals surface area contributed by atoms with E-state index in [4.69, 9.17) is 5.73 Å². The molecule has 5 heteroatoms. The summed E-state index contributed by atoms with van der Waals surface area (Å²) in [6.07, 6.45) is 1.67.